The maximum Gasteiger partial charge on any atom is 0.325 e. The second kappa shape index (κ2) is 5.51. The highest BCUT2D eigenvalue weighted by molar-refractivity contribution is 7.09. The van der Waals surface area contributed by atoms with Crippen molar-refractivity contribution in [3.63, 3.8) is 0 Å². The van der Waals surface area contributed by atoms with Gasteiger partial charge >= 0.3 is 6.03 Å². The number of aryl methyl sites for hydroxylation is 1. The Morgan fingerprint density at radius 2 is 2.06 bits per heavy atom. The van der Waals surface area contributed by atoms with E-state index in [1.165, 1.54) is 0 Å². The predicted octanol–water partition coefficient (Wildman–Crippen LogP) is 3.80. The Labute approximate surface area is 117 Å². The number of amides is 2. The fraction of sp³-hybridized carbons (Fsp3) is 0.100. The third kappa shape index (κ3) is 3.32. The van der Waals surface area contributed by atoms with Gasteiger partial charge in [0.2, 0.25) is 5.13 Å². The quantitative estimate of drug-likeness (QED) is 0.886. The molecular weight excluding hydrogens is 295 g/mol. The van der Waals surface area contributed by atoms with Gasteiger partial charge < -0.3 is 5.32 Å². The van der Waals surface area contributed by atoms with Gasteiger partial charge in [-0.3, -0.25) is 5.32 Å². The van der Waals surface area contributed by atoms with Crippen LogP contribution >= 0.6 is 34.7 Å². The monoisotopic (exact) mass is 302 g/mol. The van der Waals surface area contributed by atoms with Crippen molar-refractivity contribution in [1.29, 1.82) is 0 Å². The van der Waals surface area contributed by atoms with Crippen LogP contribution in [0, 0.1) is 6.92 Å². The van der Waals surface area contributed by atoms with Gasteiger partial charge in [0.1, 0.15) is 5.82 Å². The number of halogens is 2. The van der Waals surface area contributed by atoms with Gasteiger partial charge in [0, 0.05) is 17.2 Å². The molecular formula is C10H8Cl2N4OS. The first-order valence-corrected chi connectivity index (χ1v) is 6.41. The number of rotatable bonds is 2. The summed E-state index contributed by atoms with van der Waals surface area (Å²) in [6, 6.07) is 4.41. The summed E-state index contributed by atoms with van der Waals surface area (Å²) in [7, 11) is 0. The largest absolute Gasteiger partial charge is 0.325 e. The normalized spacial score (nSPS) is 10.2. The van der Waals surface area contributed by atoms with E-state index in [0.717, 1.165) is 11.5 Å². The molecule has 0 bridgehead atoms. The molecule has 0 fully saturated rings. The Bertz CT molecular complexity index is 587. The Morgan fingerprint density at radius 3 is 2.67 bits per heavy atom. The lowest BCUT2D eigenvalue weighted by Crippen LogP contribution is -2.19. The van der Waals surface area contributed by atoms with E-state index in [4.69, 9.17) is 23.2 Å². The van der Waals surface area contributed by atoms with Crippen LogP contribution in [0.2, 0.25) is 10.0 Å². The highest BCUT2D eigenvalue weighted by Crippen LogP contribution is 2.25. The Balaban J connectivity index is 2.00. The summed E-state index contributed by atoms with van der Waals surface area (Å²) in [6.45, 7) is 1.75. The maximum absolute atomic E-state index is 11.6. The molecule has 5 nitrogen and oxygen atoms in total. The van der Waals surface area contributed by atoms with Crippen LogP contribution < -0.4 is 10.6 Å². The van der Waals surface area contributed by atoms with E-state index in [9.17, 15) is 4.79 Å². The number of hydrogen-bond donors (Lipinski definition) is 2. The minimum atomic E-state index is -0.412. The molecule has 8 heteroatoms. The van der Waals surface area contributed by atoms with E-state index in [0.29, 0.717) is 26.7 Å². The molecule has 0 saturated heterocycles. The lowest BCUT2D eigenvalue weighted by atomic mass is 10.3. The number of carbonyl (C=O) groups excluding carboxylic acids is 1. The summed E-state index contributed by atoms with van der Waals surface area (Å²) in [5.74, 6) is 0.616. The molecule has 1 heterocycles. The summed E-state index contributed by atoms with van der Waals surface area (Å²) in [5.41, 5.74) is 0.545. The molecule has 2 rings (SSSR count). The molecule has 0 spiro atoms. The van der Waals surface area contributed by atoms with Gasteiger partial charge in [0.05, 0.1) is 10.0 Å². The smallest absolute Gasteiger partial charge is 0.308 e. The highest BCUT2D eigenvalue weighted by atomic mass is 35.5. The van der Waals surface area contributed by atoms with Crippen LogP contribution in [0.25, 0.3) is 0 Å². The third-order valence-electron chi connectivity index (χ3n) is 1.93. The number of nitrogens with zero attached hydrogens (tertiary/aromatic N) is 2. The average Bonchev–Trinajstić information content (AvgIpc) is 2.69. The first-order valence-electron chi connectivity index (χ1n) is 4.88. The Hall–Kier alpha value is -1.37. The SMILES string of the molecule is Cc1nsc(NC(=O)Nc2ccc(Cl)c(Cl)c2)n1. The van der Waals surface area contributed by atoms with E-state index in [1.54, 1.807) is 25.1 Å². The van der Waals surface area contributed by atoms with Crippen molar-refractivity contribution < 1.29 is 4.79 Å². The summed E-state index contributed by atoms with van der Waals surface area (Å²) < 4.78 is 3.95. The standard InChI is InChI=1S/C10H8Cl2N4OS/c1-5-13-10(18-16-5)15-9(17)14-6-2-3-7(11)8(12)4-6/h2-4H,1H3,(H2,13,14,15,16,17). The van der Waals surface area contributed by atoms with Gasteiger partial charge in [0.25, 0.3) is 0 Å². The zero-order valence-electron chi connectivity index (χ0n) is 9.20. The topological polar surface area (TPSA) is 66.9 Å². The molecule has 94 valence electrons. The highest BCUT2D eigenvalue weighted by Gasteiger charge is 2.07. The fourth-order valence-corrected chi connectivity index (χ4v) is 2.05. The van der Waals surface area contributed by atoms with E-state index in [2.05, 4.69) is 20.0 Å². The molecule has 1 aromatic carbocycles. The van der Waals surface area contributed by atoms with Gasteiger partial charge in [-0.25, -0.2) is 9.78 Å². The van der Waals surface area contributed by atoms with Crippen molar-refractivity contribution in [3.05, 3.63) is 34.1 Å². The molecule has 2 amide bonds. The Morgan fingerprint density at radius 1 is 1.28 bits per heavy atom. The van der Waals surface area contributed by atoms with Crippen molar-refractivity contribution in [1.82, 2.24) is 9.36 Å². The van der Waals surface area contributed by atoms with Gasteiger partial charge in [0.15, 0.2) is 0 Å². The molecule has 2 aromatic rings. The van der Waals surface area contributed by atoms with Crippen LogP contribution in [0.15, 0.2) is 18.2 Å². The van der Waals surface area contributed by atoms with Crippen LogP contribution in [0.4, 0.5) is 15.6 Å². The van der Waals surface area contributed by atoms with Crippen LogP contribution in [0.3, 0.4) is 0 Å². The molecule has 0 radical (unpaired) electrons. The van der Waals surface area contributed by atoms with Crippen LogP contribution in [0.1, 0.15) is 5.82 Å². The maximum atomic E-state index is 11.6. The molecule has 0 atom stereocenters. The van der Waals surface area contributed by atoms with E-state index in [1.807, 2.05) is 0 Å². The zero-order valence-corrected chi connectivity index (χ0v) is 11.5. The van der Waals surface area contributed by atoms with Crippen molar-refractivity contribution >= 4 is 51.6 Å². The first kappa shape index (κ1) is 13.1. The van der Waals surface area contributed by atoms with Crippen molar-refractivity contribution in [2.75, 3.05) is 10.6 Å². The fourth-order valence-electron chi connectivity index (χ4n) is 1.18. The number of aromatic nitrogens is 2. The van der Waals surface area contributed by atoms with Crippen LogP contribution in [0.5, 0.6) is 0 Å². The predicted molar refractivity (Wildman–Crippen MR) is 73.7 cm³/mol. The second-order valence-electron chi connectivity index (χ2n) is 3.35. The molecule has 2 N–H and O–H groups in total. The molecule has 18 heavy (non-hydrogen) atoms. The van der Waals surface area contributed by atoms with Gasteiger partial charge in [-0.05, 0) is 25.1 Å². The van der Waals surface area contributed by atoms with Crippen molar-refractivity contribution in [2.45, 2.75) is 6.92 Å². The molecule has 0 unspecified atom stereocenters. The summed E-state index contributed by atoms with van der Waals surface area (Å²) in [5, 5.41) is 6.42. The van der Waals surface area contributed by atoms with Gasteiger partial charge in [-0.15, -0.1) is 0 Å². The van der Waals surface area contributed by atoms with E-state index >= 15 is 0 Å². The van der Waals surface area contributed by atoms with Crippen molar-refractivity contribution in [3.8, 4) is 0 Å². The zero-order chi connectivity index (χ0) is 13.1. The van der Waals surface area contributed by atoms with Gasteiger partial charge in [-0.2, -0.15) is 4.37 Å². The Kier molecular flexibility index (Phi) is 4.00. The third-order valence-corrected chi connectivity index (χ3v) is 3.39. The molecule has 0 aliphatic heterocycles. The number of nitrogens with one attached hydrogen (secondary N) is 2. The number of urea groups is 1. The second-order valence-corrected chi connectivity index (χ2v) is 4.92. The molecule has 0 aliphatic carbocycles. The average molecular weight is 303 g/mol. The van der Waals surface area contributed by atoms with Crippen molar-refractivity contribution in [2.24, 2.45) is 0 Å². The van der Waals surface area contributed by atoms with Crippen LogP contribution in [-0.2, 0) is 0 Å². The molecule has 0 saturated carbocycles. The number of benzene rings is 1. The number of hydrogen-bond acceptors (Lipinski definition) is 4. The lowest BCUT2D eigenvalue weighted by molar-refractivity contribution is 0.262. The van der Waals surface area contributed by atoms with E-state index in [-0.39, 0.29) is 0 Å². The minimum Gasteiger partial charge on any atom is -0.308 e. The minimum absolute atomic E-state index is 0.376. The lowest BCUT2D eigenvalue weighted by Gasteiger charge is -2.05. The molecule has 0 aliphatic rings. The van der Waals surface area contributed by atoms with Crippen LogP contribution in [-0.4, -0.2) is 15.4 Å². The number of anilines is 2. The molecule has 1 aromatic heterocycles. The van der Waals surface area contributed by atoms with Gasteiger partial charge in [-0.1, -0.05) is 23.2 Å². The summed E-state index contributed by atoms with van der Waals surface area (Å²) >= 11 is 12.7. The first-order chi connectivity index (χ1) is 8.54. The summed E-state index contributed by atoms with van der Waals surface area (Å²) in [4.78, 5) is 15.6. The summed E-state index contributed by atoms with van der Waals surface area (Å²) in [6.07, 6.45) is 0. The number of carbonyl (C=O) groups is 1. The van der Waals surface area contributed by atoms with E-state index < -0.39 is 6.03 Å².